The third-order valence-electron chi connectivity index (χ3n) is 4.51. The Labute approximate surface area is 134 Å². The minimum Gasteiger partial charge on any atom is -0.381 e. The molecule has 2 nitrogen and oxygen atoms in total. The highest BCUT2D eigenvalue weighted by Gasteiger charge is 2.76. The van der Waals surface area contributed by atoms with E-state index >= 15 is 0 Å². The van der Waals surface area contributed by atoms with E-state index in [4.69, 9.17) is 23.2 Å². The third-order valence-corrected chi connectivity index (χ3v) is 5.47. The summed E-state index contributed by atoms with van der Waals surface area (Å²) in [5.41, 5.74) is 2.96. The van der Waals surface area contributed by atoms with Crippen LogP contribution in [0.25, 0.3) is 0 Å². The second-order valence-corrected chi connectivity index (χ2v) is 7.16. The lowest BCUT2D eigenvalue weighted by Crippen LogP contribution is -2.26. The van der Waals surface area contributed by atoms with Crippen molar-refractivity contribution in [1.82, 2.24) is 0 Å². The molecule has 2 aliphatic rings. The molecule has 0 radical (unpaired) electrons. The van der Waals surface area contributed by atoms with E-state index in [0.717, 1.165) is 17.8 Å². The van der Waals surface area contributed by atoms with E-state index in [-0.39, 0.29) is 11.6 Å². The predicted molar refractivity (Wildman–Crippen MR) is 89.2 cm³/mol. The van der Waals surface area contributed by atoms with Crippen molar-refractivity contribution in [3.63, 3.8) is 0 Å². The van der Waals surface area contributed by atoms with Crippen LogP contribution in [0.5, 0.6) is 0 Å². The van der Waals surface area contributed by atoms with Gasteiger partial charge in [-0.05, 0) is 31.0 Å². The van der Waals surface area contributed by atoms with Crippen molar-refractivity contribution in [2.45, 2.75) is 29.4 Å². The number of alkyl halides is 2. The Bertz CT molecular complexity index is 686. The molecule has 0 saturated carbocycles. The van der Waals surface area contributed by atoms with Crippen LogP contribution in [0.4, 0.5) is 11.4 Å². The predicted octanol–water partition coefficient (Wildman–Crippen LogP) is 4.74. The van der Waals surface area contributed by atoms with Crippen molar-refractivity contribution in [1.29, 1.82) is 0 Å². The molecular weight excluding hydrogens is 303 g/mol. The molecule has 2 unspecified atom stereocenters. The Morgan fingerprint density at radius 1 is 1.05 bits per heavy atom. The Kier molecular flexibility index (Phi) is 2.73. The molecular formula is C17H16Cl2N2. The molecule has 0 aliphatic carbocycles. The van der Waals surface area contributed by atoms with E-state index < -0.39 is 4.46 Å². The zero-order valence-electron chi connectivity index (χ0n) is 11.7. The maximum atomic E-state index is 6.73. The summed E-state index contributed by atoms with van der Waals surface area (Å²) in [5, 5.41) is 3.56. The van der Waals surface area contributed by atoms with Crippen LogP contribution < -0.4 is 10.2 Å². The number of rotatable bonds is 1. The van der Waals surface area contributed by atoms with Crippen LogP contribution in [-0.4, -0.2) is 10.5 Å². The van der Waals surface area contributed by atoms with Gasteiger partial charge in [-0.1, -0.05) is 65.7 Å². The molecule has 2 aromatic carbocycles. The third kappa shape index (κ3) is 1.66. The van der Waals surface area contributed by atoms with Gasteiger partial charge in [0.05, 0.1) is 11.4 Å². The van der Waals surface area contributed by atoms with Gasteiger partial charge in [0.25, 0.3) is 0 Å². The zero-order valence-corrected chi connectivity index (χ0v) is 13.2. The first kappa shape index (κ1) is 13.3. The minimum atomic E-state index is -0.902. The van der Waals surface area contributed by atoms with Gasteiger partial charge in [-0.25, -0.2) is 0 Å². The highest BCUT2D eigenvalue weighted by atomic mass is 35.5. The summed E-state index contributed by atoms with van der Waals surface area (Å²) in [7, 11) is 0. The normalized spacial score (nSPS) is 28.9. The lowest BCUT2D eigenvalue weighted by molar-refractivity contribution is 0.564. The maximum absolute atomic E-state index is 6.73. The Morgan fingerprint density at radius 2 is 1.71 bits per heavy atom. The SMILES string of the molecule is CC1CC2(c3ccccc3)N(c3ccccc3N1)C2(Cl)Cl. The largest absolute Gasteiger partial charge is 0.381 e. The average Bonchev–Trinajstić information content (AvgIpc) is 3.01. The molecule has 1 saturated heterocycles. The van der Waals surface area contributed by atoms with Crippen LogP contribution in [-0.2, 0) is 5.54 Å². The molecule has 0 amide bonds. The van der Waals surface area contributed by atoms with E-state index in [2.05, 4.69) is 41.4 Å². The standard InChI is InChI=1S/C17H16Cl2N2/c1-12-11-16(13-7-3-2-4-8-13)17(18,19)21(16)15-10-6-5-9-14(15)20-12/h2-10,12,20H,11H2,1H3. The van der Waals surface area contributed by atoms with Crippen molar-refractivity contribution >= 4 is 34.6 Å². The molecule has 0 bridgehead atoms. The molecule has 21 heavy (non-hydrogen) atoms. The number of anilines is 2. The van der Waals surface area contributed by atoms with Gasteiger partial charge in [0, 0.05) is 6.04 Å². The van der Waals surface area contributed by atoms with Gasteiger partial charge in [0.1, 0.15) is 5.54 Å². The van der Waals surface area contributed by atoms with Crippen LogP contribution in [0.2, 0.25) is 0 Å². The first-order chi connectivity index (χ1) is 10.1. The molecule has 1 fully saturated rings. The first-order valence-corrected chi connectivity index (χ1v) is 7.92. The number of hydrogen-bond acceptors (Lipinski definition) is 2. The summed E-state index contributed by atoms with van der Waals surface area (Å²) in [6, 6.07) is 18.8. The summed E-state index contributed by atoms with van der Waals surface area (Å²) in [5.74, 6) is 0. The fraction of sp³-hybridized carbons (Fsp3) is 0.294. The van der Waals surface area contributed by atoms with E-state index in [9.17, 15) is 0 Å². The molecule has 0 spiro atoms. The van der Waals surface area contributed by atoms with Gasteiger partial charge in [-0.3, -0.25) is 0 Å². The van der Waals surface area contributed by atoms with Crippen molar-refractivity contribution in [2.24, 2.45) is 0 Å². The molecule has 108 valence electrons. The molecule has 4 rings (SSSR count). The summed E-state index contributed by atoms with van der Waals surface area (Å²) in [6.07, 6.45) is 0.860. The van der Waals surface area contributed by atoms with Crippen LogP contribution in [0.15, 0.2) is 54.6 Å². The number of hydrogen-bond donors (Lipinski definition) is 1. The van der Waals surface area contributed by atoms with E-state index in [1.54, 1.807) is 0 Å². The van der Waals surface area contributed by atoms with E-state index in [1.165, 1.54) is 5.56 Å². The fourth-order valence-electron chi connectivity index (χ4n) is 3.60. The number of para-hydroxylation sites is 2. The van der Waals surface area contributed by atoms with E-state index in [1.807, 2.05) is 30.3 Å². The number of benzene rings is 2. The smallest absolute Gasteiger partial charge is 0.219 e. The number of nitrogens with zero attached hydrogens (tertiary/aromatic N) is 1. The van der Waals surface area contributed by atoms with Crippen LogP contribution in [0, 0.1) is 0 Å². The lowest BCUT2D eigenvalue weighted by Gasteiger charge is -2.20. The molecule has 1 N–H and O–H groups in total. The summed E-state index contributed by atoms with van der Waals surface area (Å²) < 4.78 is -0.902. The minimum absolute atomic E-state index is 0.288. The number of fused-ring (bicyclic) bond motifs is 3. The quantitative estimate of drug-likeness (QED) is 0.464. The van der Waals surface area contributed by atoms with Gasteiger partial charge in [-0.15, -0.1) is 0 Å². The van der Waals surface area contributed by atoms with Gasteiger partial charge in [0.15, 0.2) is 0 Å². The molecule has 0 aromatic heterocycles. The Balaban J connectivity index is 1.93. The van der Waals surface area contributed by atoms with Gasteiger partial charge in [-0.2, -0.15) is 0 Å². The Morgan fingerprint density at radius 3 is 2.48 bits per heavy atom. The van der Waals surface area contributed by atoms with Crippen LogP contribution in [0.3, 0.4) is 0 Å². The second kappa shape index (κ2) is 4.31. The highest BCUT2D eigenvalue weighted by Crippen LogP contribution is 2.69. The molecule has 2 aliphatic heterocycles. The molecule has 4 heteroatoms. The average molecular weight is 319 g/mol. The molecule has 2 aromatic rings. The lowest BCUT2D eigenvalue weighted by atomic mass is 9.92. The molecule has 2 atom stereocenters. The number of nitrogens with one attached hydrogen (secondary N) is 1. The first-order valence-electron chi connectivity index (χ1n) is 7.16. The monoisotopic (exact) mass is 318 g/mol. The van der Waals surface area contributed by atoms with Crippen LogP contribution in [0.1, 0.15) is 18.9 Å². The van der Waals surface area contributed by atoms with Crippen molar-refractivity contribution < 1.29 is 0 Å². The second-order valence-electron chi connectivity index (χ2n) is 5.87. The number of halogens is 2. The van der Waals surface area contributed by atoms with Crippen LogP contribution >= 0.6 is 23.2 Å². The highest BCUT2D eigenvalue weighted by molar-refractivity contribution is 6.54. The maximum Gasteiger partial charge on any atom is 0.219 e. The summed E-state index contributed by atoms with van der Waals surface area (Å²) in [6.45, 7) is 2.17. The fourth-order valence-corrected chi connectivity index (χ4v) is 4.53. The van der Waals surface area contributed by atoms with Gasteiger partial charge in [0.2, 0.25) is 4.46 Å². The molecule has 2 heterocycles. The summed E-state index contributed by atoms with van der Waals surface area (Å²) >= 11 is 13.5. The van der Waals surface area contributed by atoms with Gasteiger partial charge >= 0.3 is 0 Å². The van der Waals surface area contributed by atoms with Crippen molar-refractivity contribution in [3.8, 4) is 0 Å². The Hall–Kier alpha value is -1.38. The zero-order chi connectivity index (χ0) is 14.7. The van der Waals surface area contributed by atoms with E-state index in [0.29, 0.717) is 0 Å². The van der Waals surface area contributed by atoms with Crippen molar-refractivity contribution in [3.05, 3.63) is 60.2 Å². The summed E-state index contributed by atoms with van der Waals surface area (Å²) in [4.78, 5) is 2.13. The topological polar surface area (TPSA) is 15.0 Å². The van der Waals surface area contributed by atoms with Gasteiger partial charge < -0.3 is 10.2 Å². The van der Waals surface area contributed by atoms with Crippen molar-refractivity contribution in [2.75, 3.05) is 10.2 Å².